The maximum absolute atomic E-state index is 10.00. The second-order valence-electron chi connectivity index (χ2n) is 5.58. The summed E-state index contributed by atoms with van der Waals surface area (Å²) >= 11 is 0. The molecule has 1 saturated heterocycles. The maximum Gasteiger partial charge on any atom is 0.168 e. The van der Waals surface area contributed by atoms with Crippen LogP contribution in [0.4, 0.5) is 5.82 Å². The smallest absolute Gasteiger partial charge is 0.168 e. The molecule has 0 radical (unpaired) electrons. The molecule has 2 aromatic rings. The Bertz CT molecular complexity index is 714. The summed E-state index contributed by atoms with van der Waals surface area (Å²) < 4.78 is 7.55. The summed E-state index contributed by atoms with van der Waals surface area (Å²) in [4.78, 5) is 12.7. The highest BCUT2D eigenvalue weighted by atomic mass is 16.5. The molecule has 0 unspecified atom stereocenters. The number of nitrogens with zero attached hydrogens (tertiary/aromatic N) is 4. The van der Waals surface area contributed by atoms with Crippen molar-refractivity contribution in [3.8, 4) is 0 Å². The average molecular weight is 319 g/mol. The van der Waals surface area contributed by atoms with Crippen molar-refractivity contribution in [1.29, 1.82) is 0 Å². The van der Waals surface area contributed by atoms with E-state index in [2.05, 4.69) is 21.9 Å². The summed E-state index contributed by atoms with van der Waals surface area (Å²) in [6.45, 7) is 1.86. The first kappa shape index (κ1) is 15.9. The predicted octanol–water partition coefficient (Wildman–Crippen LogP) is 0.862. The molecule has 8 heteroatoms. The first-order chi connectivity index (χ1) is 11.2. The third-order valence-electron chi connectivity index (χ3n) is 3.93. The van der Waals surface area contributed by atoms with Gasteiger partial charge < -0.3 is 20.7 Å². The Hall–Kier alpha value is -2.03. The second kappa shape index (κ2) is 6.61. The molecule has 2 aromatic heterocycles. The van der Waals surface area contributed by atoms with Crippen LogP contribution in [-0.4, -0.2) is 48.5 Å². The maximum atomic E-state index is 10.00. The molecule has 0 saturated carbocycles. The number of rotatable bonds is 5. The number of hydrogen-bond acceptors (Lipinski definition) is 7. The summed E-state index contributed by atoms with van der Waals surface area (Å²) in [7, 11) is 0. The van der Waals surface area contributed by atoms with Gasteiger partial charge in [0.1, 0.15) is 24.5 Å². The minimum Gasteiger partial charge on any atom is -0.394 e. The molecule has 1 aliphatic heterocycles. The number of ether oxygens (including phenoxy) is 1. The molecule has 23 heavy (non-hydrogen) atoms. The van der Waals surface area contributed by atoms with Crippen LogP contribution in [0.25, 0.3) is 17.2 Å². The van der Waals surface area contributed by atoms with E-state index in [9.17, 15) is 10.2 Å². The number of unbranched alkanes of at least 4 members (excludes halogenated alkanes) is 1. The van der Waals surface area contributed by atoms with Gasteiger partial charge in [-0.05, 0) is 12.5 Å². The molecule has 3 atom stereocenters. The summed E-state index contributed by atoms with van der Waals surface area (Å²) in [5.74, 6) is 0.951. The average Bonchev–Trinajstić information content (AvgIpc) is 3.08. The highest BCUT2D eigenvalue weighted by molar-refractivity contribution is 5.83. The number of imidazole rings is 1. The normalized spacial score (nSPS) is 24.9. The molecule has 0 bridgehead atoms. The van der Waals surface area contributed by atoms with Gasteiger partial charge in [-0.25, -0.2) is 15.0 Å². The molecule has 0 spiro atoms. The number of allylic oxidation sites excluding steroid dienone is 1. The van der Waals surface area contributed by atoms with Gasteiger partial charge in [0, 0.05) is 6.42 Å². The SMILES string of the molecule is CCC/C=C\c1nc2c(N)ncnc2n1[C@H]1C[C@H](O)[C@@H](CO)O1. The fourth-order valence-electron chi connectivity index (χ4n) is 2.74. The molecule has 4 N–H and O–H groups in total. The number of aliphatic hydroxyl groups is 2. The van der Waals surface area contributed by atoms with Gasteiger partial charge in [0.05, 0.1) is 12.7 Å². The molecule has 124 valence electrons. The lowest BCUT2D eigenvalue weighted by Gasteiger charge is -2.15. The van der Waals surface area contributed by atoms with Crippen molar-refractivity contribution in [3.63, 3.8) is 0 Å². The minimum absolute atomic E-state index is 0.234. The lowest BCUT2D eigenvalue weighted by atomic mass is 10.2. The van der Waals surface area contributed by atoms with Gasteiger partial charge >= 0.3 is 0 Å². The Labute approximate surface area is 133 Å². The molecule has 0 amide bonds. The van der Waals surface area contributed by atoms with Crippen LogP contribution in [0.3, 0.4) is 0 Å². The van der Waals surface area contributed by atoms with Gasteiger partial charge in [-0.2, -0.15) is 0 Å². The number of anilines is 1. The Morgan fingerprint density at radius 3 is 3.00 bits per heavy atom. The minimum atomic E-state index is -0.728. The number of nitrogen functional groups attached to an aromatic ring is 1. The second-order valence-corrected chi connectivity index (χ2v) is 5.58. The summed E-state index contributed by atoms with van der Waals surface area (Å²) in [6.07, 6.45) is 5.82. The Morgan fingerprint density at radius 1 is 1.48 bits per heavy atom. The summed E-state index contributed by atoms with van der Waals surface area (Å²) in [5.41, 5.74) is 6.96. The molecule has 1 fully saturated rings. The van der Waals surface area contributed by atoms with E-state index in [4.69, 9.17) is 10.5 Å². The first-order valence-electron chi connectivity index (χ1n) is 7.75. The fraction of sp³-hybridized carbons (Fsp3) is 0.533. The van der Waals surface area contributed by atoms with E-state index in [0.29, 0.717) is 29.2 Å². The van der Waals surface area contributed by atoms with Crippen LogP contribution in [0.1, 0.15) is 38.2 Å². The number of hydrogen-bond donors (Lipinski definition) is 3. The van der Waals surface area contributed by atoms with Crippen molar-refractivity contribution in [2.75, 3.05) is 12.3 Å². The largest absolute Gasteiger partial charge is 0.394 e. The van der Waals surface area contributed by atoms with Crippen molar-refractivity contribution in [3.05, 3.63) is 18.2 Å². The molecular weight excluding hydrogens is 298 g/mol. The van der Waals surface area contributed by atoms with Crippen LogP contribution in [0.15, 0.2) is 12.4 Å². The Kier molecular flexibility index (Phi) is 4.56. The quantitative estimate of drug-likeness (QED) is 0.747. The van der Waals surface area contributed by atoms with E-state index in [1.54, 1.807) is 4.57 Å². The molecule has 1 aliphatic rings. The van der Waals surface area contributed by atoms with Crippen LogP contribution < -0.4 is 5.73 Å². The standard InChI is InChI=1S/C15H21N5O3/c1-2-3-4-5-11-19-13-14(16)17-8-18-15(13)20(11)12-6-9(22)10(7-21)23-12/h4-5,8-10,12,21-22H,2-3,6-7H2,1H3,(H2,16,17,18)/b5-4-/t9-,10+,12+/m0/s1. The van der Waals surface area contributed by atoms with Crippen LogP contribution in [0.2, 0.25) is 0 Å². The summed E-state index contributed by atoms with van der Waals surface area (Å²) in [6, 6.07) is 0. The van der Waals surface area contributed by atoms with Crippen molar-refractivity contribution in [1.82, 2.24) is 19.5 Å². The zero-order valence-corrected chi connectivity index (χ0v) is 13.0. The summed E-state index contributed by atoms with van der Waals surface area (Å²) in [5, 5.41) is 19.3. The lowest BCUT2D eigenvalue weighted by molar-refractivity contribution is -0.0434. The fourth-order valence-corrected chi connectivity index (χ4v) is 2.74. The zero-order valence-electron chi connectivity index (χ0n) is 13.0. The van der Waals surface area contributed by atoms with Crippen LogP contribution in [-0.2, 0) is 4.74 Å². The van der Waals surface area contributed by atoms with Crippen LogP contribution >= 0.6 is 0 Å². The molecule has 0 aliphatic carbocycles. The van der Waals surface area contributed by atoms with Gasteiger partial charge in [0.25, 0.3) is 0 Å². The monoisotopic (exact) mass is 319 g/mol. The van der Waals surface area contributed by atoms with Gasteiger partial charge in [0.2, 0.25) is 0 Å². The van der Waals surface area contributed by atoms with E-state index in [1.165, 1.54) is 6.33 Å². The third-order valence-corrected chi connectivity index (χ3v) is 3.93. The van der Waals surface area contributed by atoms with Crippen LogP contribution in [0.5, 0.6) is 0 Å². The van der Waals surface area contributed by atoms with Crippen molar-refractivity contribution >= 4 is 23.1 Å². The Morgan fingerprint density at radius 2 is 2.30 bits per heavy atom. The topological polar surface area (TPSA) is 119 Å². The third kappa shape index (κ3) is 2.92. The van der Waals surface area contributed by atoms with Crippen molar-refractivity contribution in [2.45, 2.75) is 44.6 Å². The van der Waals surface area contributed by atoms with E-state index in [0.717, 1.165) is 12.8 Å². The molecule has 3 rings (SSSR count). The molecule has 3 heterocycles. The van der Waals surface area contributed by atoms with E-state index in [-0.39, 0.29) is 6.61 Å². The van der Waals surface area contributed by atoms with E-state index >= 15 is 0 Å². The highest BCUT2D eigenvalue weighted by Crippen LogP contribution is 2.33. The molecular formula is C15H21N5O3. The van der Waals surface area contributed by atoms with E-state index < -0.39 is 18.4 Å². The predicted molar refractivity (Wildman–Crippen MR) is 85.3 cm³/mol. The number of fused-ring (bicyclic) bond motifs is 1. The number of aromatic nitrogens is 4. The van der Waals surface area contributed by atoms with Gasteiger partial charge in [-0.3, -0.25) is 4.57 Å². The molecule has 8 nitrogen and oxygen atoms in total. The van der Waals surface area contributed by atoms with Crippen molar-refractivity contribution in [2.24, 2.45) is 0 Å². The highest BCUT2D eigenvalue weighted by Gasteiger charge is 2.36. The number of aliphatic hydroxyl groups excluding tert-OH is 2. The van der Waals surface area contributed by atoms with Crippen molar-refractivity contribution < 1.29 is 14.9 Å². The first-order valence-corrected chi connectivity index (χ1v) is 7.75. The van der Waals surface area contributed by atoms with Gasteiger partial charge in [0.15, 0.2) is 17.0 Å². The molecule has 0 aromatic carbocycles. The van der Waals surface area contributed by atoms with Gasteiger partial charge in [-0.1, -0.05) is 19.4 Å². The van der Waals surface area contributed by atoms with E-state index in [1.807, 2.05) is 12.2 Å². The Balaban J connectivity index is 2.06. The zero-order chi connectivity index (χ0) is 16.4. The number of nitrogens with two attached hydrogens (primary N) is 1. The van der Waals surface area contributed by atoms with Gasteiger partial charge in [-0.15, -0.1) is 0 Å². The van der Waals surface area contributed by atoms with Crippen LogP contribution in [0, 0.1) is 0 Å². The lowest BCUT2D eigenvalue weighted by Crippen LogP contribution is -2.24.